The molecule has 3 heteroatoms. The van der Waals surface area contributed by atoms with E-state index in [1.807, 2.05) is 48.5 Å². The minimum absolute atomic E-state index is 0.311. The molecule has 0 bridgehead atoms. The summed E-state index contributed by atoms with van der Waals surface area (Å²) in [5, 5.41) is 0. The van der Waals surface area contributed by atoms with Crippen LogP contribution in [0.2, 0.25) is 0 Å². The van der Waals surface area contributed by atoms with E-state index in [4.69, 9.17) is 5.73 Å². The van der Waals surface area contributed by atoms with Gasteiger partial charge in [0.2, 0.25) is 0 Å². The van der Waals surface area contributed by atoms with Gasteiger partial charge < -0.3 is 10.5 Å². The Morgan fingerprint density at radius 3 is 2.00 bits per heavy atom. The van der Waals surface area contributed by atoms with Crippen LogP contribution >= 0.6 is 0 Å². The van der Waals surface area contributed by atoms with Crippen molar-refractivity contribution in [2.45, 2.75) is 6.61 Å². The standard InChI is InChI=1S/C14H13NO2/c15-14-7-5-13(6-8-14)12-3-1-11(2-4-12)9-17-10-16/h1-8,10H,9,15H2. The SMILES string of the molecule is Nc1ccc(-c2ccc(COC=O)cc2)cc1. The highest BCUT2D eigenvalue weighted by atomic mass is 16.5. The van der Waals surface area contributed by atoms with Crippen molar-refractivity contribution in [2.24, 2.45) is 0 Å². The van der Waals surface area contributed by atoms with Gasteiger partial charge in [0.05, 0.1) is 0 Å². The van der Waals surface area contributed by atoms with Crippen LogP contribution in [-0.2, 0) is 16.1 Å². The minimum atomic E-state index is 0.311. The summed E-state index contributed by atoms with van der Waals surface area (Å²) in [6.07, 6.45) is 0. The van der Waals surface area contributed by atoms with Crippen molar-refractivity contribution in [3.8, 4) is 11.1 Å². The Morgan fingerprint density at radius 1 is 0.941 bits per heavy atom. The fraction of sp³-hybridized carbons (Fsp3) is 0.0714. The maximum atomic E-state index is 10.1. The number of carbonyl (C=O) groups is 1. The molecule has 2 aromatic rings. The quantitative estimate of drug-likeness (QED) is 0.645. The number of ether oxygens (including phenoxy) is 1. The van der Waals surface area contributed by atoms with Gasteiger partial charge in [-0.15, -0.1) is 0 Å². The lowest BCUT2D eigenvalue weighted by Crippen LogP contribution is -1.90. The van der Waals surface area contributed by atoms with E-state index in [0.717, 1.165) is 22.4 Å². The van der Waals surface area contributed by atoms with Gasteiger partial charge in [-0.1, -0.05) is 36.4 Å². The molecule has 0 radical (unpaired) electrons. The topological polar surface area (TPSA) is 52.3 Å². The van der Waals surface area contributed by atoms with Crippen LogP contribution in [0.5, 0.6) is 0 Å². The second-order valence-electron chi connectivity index (χ2n) is 3.73. The van der Waals surface area contributed by atoms with Gasteiger partial charge in [-0.05, 0) is 28.8 Å². The molecule has 0 aliphatic carbocycles. The van der Waals surface area contributed by atoms with Gasteiger partial charge in [-0.2, -0.15) is 0 Å². The van der Waals surface area contributed by atoms with Crippen molar-refractivity contribution in [1.82, 2.24) is 0 Å². The number of rotatable bonds is 4. The smallest absolute Gasteiger partial charge is 0.293 e. The third-order valence-corrected chi connectivity index (χ3v) is 2.52. The lowest BCUT2D eigenvalue weighted by atomic mass is 10.0. The molecule has 0 fully saturated rings. The molecule has 0 atom stereocenters. The zero-order chi connectivity index (χ0) is 12.1. The average molecular weight is 227 g/mol. The van der Waals surface area contributed by atoms with Gasteiger partial charge in [0.1, 0.15) is 6.61 Å². The first kappa shape index (κ1) is 11.2. The normalized spacial score (nSPS) is 9.88. The third kappa shape index (κ3) is 2.84. The van der Waals surface area contributed by atoms with E-state index in [0.29, 0.717) is 13.1 Å². The van der Waals surface area contributed by atoms with Gasteiger partial charge in [-0.25, -0.2) is 0 Å². The second-order valence-corrected chi connectivity index (χ2v) is 3.73. The Hall–Kier alpha value is -2.29. The van der Waals surface area contributed by atoms with Crippen LogP contribution in [0.15, 0.2) is 48.5 Å². The molecule has 2 aromatic carbocycles. The zero-order valence-electron chi connectivity index (χ0n) is 9.30. The molecule has 0 unspecified atom stereocenters. The van der Waals surface area contributed by atoms with E-state index in [9.17, 15) is 4.79 Å². The number of hydrogen-bond acceptors (Lipinski definition) is 3. The van der Waals surface area contributed by atoms with Crippen molar-refractivity contribution in [3.63, 3.8) is 0 Å². The molecule has 86 valence electrons. The third-order valence-electron chi connectivity index (χ3n) is 2.52. The molecule has 17 heavy (non-hydrogen) atoms. The van der Waals surface area contributed by atoms with E-state index >= 15 is 0 Å². The average Bonchev–Trinajstić information content (AvgIpc) is 2.38. The van der Waals surface area contributed by atoms with Crippen molar-refractivity contribution >= 4 is 12.2 Å². The monoisotopic (exact) mass is 227 g/mol. The number of carbonyl (C=O) groups excluding carboxylic acids is 1. The molecular weight excluding hydrogens is 214 g/mol. The summed E-state index contributed by atoms with van der Waals surface area (Å²) >= 11 is 0. The summed E-state index contributed by atoms with van der Waals surface area (Å²) in [4.78, 5) is 10.1. The van der Waals surface area contributed by atoms with E-state index in [1.165, 1.54) is 0 Å². The lowest BCUT2D eigenvalue weighted by Gasteiger charge is -2.04. The summed E-state index contributed by atoms with van der Waals surface area (Å²) in [5.41, 5.74) is 9.58. The van der Waals surface area contributed by atoms with Gasteiger partial charge in [0, 0.05) is 5.69 Å². The van der Waals surface area contributed by atoms with Crippen LogP contribution in [0, 0.1) is 0 Å². The Kier molecular flexibility index (Phi) is 3.40. The molecule has 0 aliphatic rings. The lowest BCUT2D eigenvalue weighted by molar-refractivity contribution is -0.129. The molecule has 2 N–H and O–H groups in total. The number of nitrogen functional groups attached to an aromatic ring is 1. The maximum Gasteiger partial charge on any atom is 0.293 e. The number of nitrogens with two attached hydrogens (primary N) is 1. The largest absolute Gasteiger partial charge is 0.463 e. The molecule has 3 nitrogen and oxygen atoms in total. The Balaban J connectivity index is 2.17. The molecule has 0 heterocycles. The van der Waals surface area contributed by atoms with Gasteiger partial charge in [-0.3, -0.25) is 4.79 Å². The molecular formula is C14H13NO2. The van der Waals surface area contributed by atoms with E-state index in [-0.39, 0.29) is 0 Å². The van der Waals surface area contributed by atoms with E-state index in [1.54, 1.807) is 0 Å². The van der Waals surface area contributed by atoms with Crippen molar-refractivity contribution in [1.29, 1.82) is 0 Å². The summed E-state index contributed by atoms with van der Waals surface area (Å²) in [6.45, 7) is 0.763. The first-order chi connectivity index (χ1) is 8.29. The van der Waals surface area contributed by atoms with E-state index in [2.05, 4.69) is 4.74 Å². The molecule has 2 rings (SSSR count). The zero-order valence-corrected chi connectivity index (χ0v) is 9.30. The summed E-state index contributed by atoms with van der Waals surface area (Å²) in [5.74, 6) is 0. The fourth-order valence-electron chi connectivity index (χ4n) is 1.60. The number of anilines is 1. The van der Waals surface area contributed by atoms with Gasteiger partial charge in [0.15, 0.2) is 0 Å². The molecule has 0 amide bonds. The first-order valence-electron chi connectivity index (χ1n) is 5.30. The van der Waals surface area contributed by atoms with Crippen LogP contribution in [0.3, 0.4) is 0 Å². The van der Waals surface area contributed by atoms with Crippen LogP contribution in [0.25, 0.3) is 11.1 Å². The first-order valence-corrected chi connectivity index (χ1v) is 5.30. The van der Waals surface area contributed by atoms with Gasteiger partial charge >= 0.3 is 0 Å². The second kappa shape index (κ2) is 5.16. The van der Waals surface area contributed by atoms with Crippen LogP contribution in [-0.4, -0.2) is 6.47 Å². The highest BCUT2D eigenvalue weighted by Crippen LogP contribution is 2.21. The Morgan fingerprint density at radius 2 is 1.47 bits per heavy atom. The van der Waals surface area contributed by atoms with Gasteiger partial charge in [0.25, 0.3) is 6.47 Å². The summed E-state index contributed by atoms with van der Waals surface area (Å²) < 4.78 is 4.68. The molecule has 0 saturated carbocycles. The fourth-order valence-corrected chi connectivity index (χ4v) is 1.60. The van der Waals surface area contributed by atoms with Crippen molar-refractivity contribution in [3.05, 3.63) is 54.1 Å². The Labute approximate surface area is 99.8 Å². The highest BCUT2D eigenvalue weighted by molar-refractivity contribution is 5.65. The molecule has 0 aromatic heterocycles. The number of hydrogen-bond donors (Lipinski definition) is 1. The van der Waals surface area contributed by atoms with Crippen molar-refractivity contribution < 1.29 is 9.53 Å². The van der Waals surface area contributed by atoms with E-state index < -0.39 is 0 Å². The maximum absolute atomic E-state index is 10.1. The molecule has 0 spiro atoms. The van der Waals surface area contributed by atoms with Crippen LogP contribution in [0.4, 0.5) is 5.69 Å². The van der Waals surface area contributed by atoms with Crippen molar-refractivity contribution in [2.75, 3.05) is 5.73 Å². The number of benzene rings is 2. The molecule has 0 aliphatic heterocycles. The summed E-state index contributed by atoms with van der Waals surface area (Å²) in [6, 6.07) is 15.6. The highest BCUT2D eigenvalue weighted by Gasteiger charge is 1.98. The summed E-state index contributed by atoms with van der Waals surface area (Å²) in [7, 11) is 0. The van der Waals surface area contributed by atoms with Crippen LogP contribution in [0.1, 0.15) is 5.56 Å². The molecule has 0 saturated heterocycles. The van der Waals surface area contributed by atoms with Crippen LogP contribution < -0.4 is 5.73 Å². The minimum Gasteiger partial charge on any atom is -0.463 e. The predicted octanol–water partition coefficient (Wildman–Crippen LogP) is 2.61. The predicted molar refractivity (Wildman–Crippen MR) is 67.1 cm³/mol. The Bertz CT molecular complexity index is 489.